The summed E-state index contributed by atoms with van der Waals surface area (Å²) in [4.78, 5) is 14.5. The van der Waals surface area contributed by atoms with Crippen LogP contribution < -0.4 is 10.6 Å². The Morgan fingerprint density at radius 1 is 1.26 bits per heavy atom. The lowest BCUT2D eigenvalue weighted by Gasteiger charge is -2.30. The fraction of sp³-hybridized carbons (Fsp3) is 0.263. The zero-order valence-electron chi connectivity index (χ0n) is 13.0. The van der Waals surface area contributed by atoms with Crippen LogP contribution in [0.25, 0.3) is 0 Å². The Morgan fingerprint density at radius 3 is 2.91 bits per heavy atom. The minimum Gasteiger partial charge on any atom is -0.397 e. The van der Waals surface area contributed by atoms with Crippen molar-refractivity contribution in [3.8, 4) is 6.07 Å². The van der Waals surface area contributed by atoms with Crippen molar-refractivity contribution < 1.29 is 4.79 Å². The van der Waals surface area contributed by atoms with E-state index >= 15 is 0 Å². The number of para-hydroxylation sites is 1. The lowest BCUT2D eigenvalue weighted by molar-refractivity contribution is -0.118. The van der Waals surface area contributed by atoms with Crippen molar-refractivity contribution >= 4 is 17.3 Å². The first-order chi connectivity index (χ1) is 11.2. The van der Waals surface area contributed by atoms with Gasteiger partial charge >= 0.3 is 0 Å². The Bertz CT molecular complexity index is 776. The number of carbonyl (C=O) groups is 1. The maximum absolute atomic E-state index is 12.6. The normalized spacial score (nSPS) is 13.3. The number of anilines is 2. The molecule has 1 heterocycles. The van der Waals surface area contributed by atoms with Crippen molar-refractivity contribution in [2.75, 3.05) is 17.2 Å². The zero-order chi connectivity index (χ0) is 16.2. The van der Waals surface area contributed by atoms with E-state index in [9.17, 15) is 4.79 Å². The number of aryl methyl sites for hydroxylation is 2. The van der Waals surface area contributed by atoms with Gasteiger partial charge in [0.1, 0.15) is 0 Å². The maximum Gasteiger partial charge on any atom is 0.227 e. The minimum absolute atomic E-state index is 0.0891. The van der Waals surface area contributed by atoms with Crippen LogP contribution in [0.15, 0.2) is 42.5 Å². The van der Waals surface area contributed by atoms with Crippen LogP contribution in [-0.2, 0) is 17.6 Å². The molecule has 1 aliphatic heterocycles. The molecule has 2 N–H and O–H groups in total. The second kappa shape index (κ2) is 6.53. The third-order valence-corrected chi connectivity index (χ3v) is 4.23. The predicted octanol–water partition coefficient (Wildman–Crippen LogP) is 3.05. The van der Waals surface area contributed by atoms with Crippen LogP contribution in [-0.4, -0.2) is 12.5 Å². The molecule has 4 nitrogen and oxygen atoms in total. The molecule has 0 unspecified atom stereocenters. The molecule has 1 aliphatic rings. The van der Waals surface area contributed by atoms with Crippen LogP contribution in [0.4, 0.5) is 11.4 Å². The molecule has 1 amide bonds. The van der Waals surface area contributed by atoms with Gasteiger partial charge < -0.3 is 10.6 Å². The highest BCUT2D eigenvalue weighted by atomic mass is 16.2. The van der Waals surface area contributed by atoms with E-state index in [2.05, 4.69) is 6.07 Å². The van der Waals surface area contributed by atoms with E-state index in [1.165, 1.54) is 0 Å². The summed E-state index contributed by atoms with van der Waals surface area (Å²) < 4.78 is 0. The van der Waals surface area contributed by atoms with Crippen LogP contribution in [0.1, 0.15) is 29.5 Å². The van der Waals surface area contributed by atoms with E-state index in [0.29, 0.717) is 24.1 Å². The molecule has 0 radical (unpaired) electrons. The third kappa shape index (κ3) is 3.19. The SMILES string of the molecule is N#Cc1cccc(CCC(=O)N2CCCc3cccc(N)c32)c1. The number of nitrogen functional groups attached to an aromatic ring is 1. The van der Waals surface area contributed by atoms with E-state index in [1.54, 1.807) is 6.07 Å². The second-order valence-electron chi connectivity index (χ2n) is 5.82. The molecule has 0 saturated heterocycles. The first-order valence-corrected chi connectivity index (χ1v) is 7.86. The first kappa shape index (κ1) is 15.1. The van der Waals surface area contributed by atoms with Crippen molar-refractivity contribution in [3.63, 3.8) is 0 Å². The summed E-state index contributed by atoms with van der Waals surface area (Å²) in [5.41, 5.74) is 10.4. The van der Waals surface area contributed by atoms with Crippen molar-refractivity contribution in [2.45, 2.75) is 25.7 Å². The molecular weight excluding hydrogens is 286 g/mol. The fourth-order valence-corrected chi connectivity index (χ4v) is 3.11. The smallest absolute Gasteiger partial charge is 0.227 e. The molecular formula is C19H19N3O. The monoisotopic (exact) mass is 305 g/mol. The predicted molar refractivity (Wildman–Crippen MR) is 91.0 cm³/mol. The van der Waals surface area contributed by atoms with Gasteiger partial charge in [-0.2, -0.15) is 5.26 Å². The Hall–Kier alpha value is -2.80. The van der Waals surface area contributed by atoms with E-state index < -0.39 is 0 Å². The van der Waals surface area contributed by atoms with Gasteiger partial charge in [-0.3, -0.25) is 4.79 Å². The molecule has 0 aromatic heterocycles. The van der Waals surface area contributed by atoms with Crippen LogP contribution in [0.5, 0.6) is 0 Å². The number of amides is 1. The number of hydrogen-bond acceptors (Lipinski definition) is 3. The van der Waals surface area contributed by atoms with Crippen molar-refractivity contribution in [1.82, 2.24) is 0 Å². The summed E-state index contributed by atoms with van der Waals surface area (Å²) in [5.74, 6) is 0.0891. The van der Waals surface area contributed by atoms with Crippen molar-refractivity contribution in [1.29, 1.82) is 5.26 Å². The number of nitrogens with zero attached hydrogens (tertiary/aromatic N) is 2. The lowest BCUT2D eigenvalue weighted by atomic mass is 9.99. The average molecular weight is 305 g/mol. The summed E-state index contributed by atoms with van der Waals surface area (Å²) in [7, 11) is 0. The Morgan fingerprint density at radius 2 is 2.09 bits per heavy atom. The first-order valence-electron chi connectivity index (χ1n) is 7.86. The summed E-state index contributed by atoms with van der Waals surface area (Å²) in [5, 5.41) is 8.94. The molecule has 0 atom stereocenters. The molecule has 2 aromatic carbocycles. The van der Waals surface area contributed by atoms with Gasteiger partial charge in [0.2, 0.25) is 5.91 Å². The molecule has 2 aromatic rings. The van der Waals surface area contributed by atoms with Crippen molar-refractivity contribution in [3.05, 3.63) is 59.2 Å². The van der Waals surface area contributed by atoms with Crippen LogP contribution in [0, 0.1) is 11.3 Å². The number of rotatable bonds is 3. The largest absolute Gasteiger partial charge is 0.397 e. The van der Waals surface area contributed by atoms with Gasteiger partial charge in [0.05, 0.1) is 23.0 Å². The topological polar surface area (TPSA) is 70.1 Å². The van der Waals surface area contributed by atoms with Gasteiger partial charge in [0.15, 0.2) is 0 Å². The zero-order valence-corrected chi connectivity index (χ0v) is 13.0. The molecule has 0 aliphatic carbocycles. The highest BCUT2D eigenvalue weighted by molar-refractivity contribution is 5.98. The van der Waals surface area contributed by atoms with Crippen LogP contribution in [0.3, 0.4) is 0 Å². The lowest BCUT2D eigenvalue weighted by Crippen LogP contribution is -2.36. The molecule has 4 heteroatoms. The van der Waals surface area contributed by atoms with Gasteiger partial charge in [-0.05, 0) is 48.6 Å². The summed E-state index contributed by atoms with van der Waals surface area (Å²) >= 11 is 0. The minimum atomic E-state index is 0.0891. The highest BCUT2D eigenvalue weighted by Gasteiger charge is 2.24. The maximum atomic E-state index is 12.6. The standard InChI is InChI=1S/C19H19N3O/c20-13-15-5-1-4-14(12-15)9-10-18(23)22-11-3-7-16-6-2-8-17(21)19(16)22/h1-2,4-6,8,12H,3,7,9-11,21H2. The Kier molecular flexibility index (Phi) is 4.29. The second-order valence-corrected chi connectivity index (χ2v) is 5.82. The molecule has 0 saturated carbocycles. The molecule has 0 bridgehead atoms. The third-order valence-electron chi connectivity index (χ3n) is 4.23. The molecule has 116 valence electrons. The van der Waals surface area contributed by atoms with Gasteiger partial charge in [-0.15, -0.1) is 0 Å². The molecule has 23 heavy (non-hydrogen) atoms. The quantitative estimate of drug-likeness (QED) is 0.886. The van der Waals surface area contributed by atoms with Crippen molar-refractivity contribution in [2.24, 2.45) is 0 Å². The number of carbonyl (C=O) groups excluding carboxylic acids is 1. The van der Waals surface area contributed by atoms with E-state index in [4.69, 9.17) is 11.0 Å². The Labute approximate surface area is 136 Å². The van der Waals surface area contributed by atoms with Gasteiger partial charge in [0, 0.05) is 13.0 Å². The van der Waals surface area contributed by atoms with Crippen LogP contribution >= 0.6 is 0 Å². The van der Waals surface area contributed by atoms with Crippen LogP contribution in [0.2, 0.25) is 0 Å². The number of fused-ring (bicyclic) bond motifs is 1. The molecule has 0 spiro atoms. The summed E-state index contributed by atoms with van der Waals surface area (Å²) in [6, 6.07) is 15.4. The van der Waals surface area contributed by atoms with E-state index in [1.807, 2.05) is 41.3 Å². The molecule has 3 rings (SSSR count). The average Bonchev–Trinajstić information content (AvgIpc) is 2.59. The highest BCUT2D eigenvalue weighted by Crippen LogP contribution is 2.33. The fourth-order valence-electron chi connectivity index (χ4n) is 3.11. The van der Waals surface area contributed by atoms with Gasteiger partial charge in [-0.1, -0.05) is 24.3 Å². The van der Waals surface area contributed by atoms with Gasteiger partial charge in [0.25, 0.3) is 0 Å². The number of benzene rings is 2. The van der Waals surface area contributed by atoms with E-state index in [-0.39, 0.29) is 5.91 Å². The summed E-state index contributed by atoms with van der Waals surface area (Å²) in [6.45, 7) is 0.721. The number of nitrogens with two attached hydrogens (primary N) is 1. The number of hydrogen-bond donors (Lipinski definition) is 1. The van der Waals surface area contributed by atoms with E-state index in [0.717, 1.165) is 36.2 Å². The number of nitriles is 1. The van der Waals surface area contributed by atoms with Gasteiger partial charge in [-0.25, -0.2) is 0 Å². The summed E-state index contributed by atoms with van der Waals surface area (Å²) in [6.07, 6.45) is 2.98. The Balaban J connectivity index is 1.74. The molecule has 0 fully saturated rings.